The van der Waals surface area contributed by atoms with Crippen molar-refractivity contribution in [2.75, 3.05) is 25.5 Å². The van der Waals surface area contributed by atoms with Crippen molar-refractivity contribution >= 4 is 10.0 Å². The van der Waals surface area contributed by atoms with Gasteiger partial charge in [0.1, 0.15) is 0 Å². The van der Waals surface area contributed by atoms with Gasteiger partial charge in [0.05, 0.1) is 24.3 Å². The molecule has 0 heterocycles. The molecule has 6 heteroatoms. The molecule has 1 N–H and O–H groups in total. The summed E-state index contributed by atoms with van der Waals surface area (Å²) in [6.45, 7) is 4.31. The number of rotatable bonds is 7. The molecular weight excluding hydrogens is 204 g/mol. The molecule has 14 heavy (non-hydrogen) atoms. The summed E-state index contributed by atoms with van der Waals surface area (Å²) in [6, 6.07) is 1.95. The van der Waals surface area contributed by atoms with Crippen molar-refractivity contribution in [1.29, 1.82) is 5.26 Å². The van der Waals surface area contributed by atoms with Crippen molar-refractivity contribution < 1.29 is 13.2 Å². The Morgan fingerprint density at radius 1 is 1.57 bits per heavy atom. The second kappa shape index (κ2) is 6.76. The third-order valence-electron chi connectivity index (χ3n) is 1.53. The number of nitrogens with zero attached hydrogens (tertiary/aromatic N) is 1. The van der Waals surface area contributed by atoms with Crippen LogP contribution in [-0.4, -0.2) is 33.9 Å². The zero-order valence-electron chi connectivity index (χ0n) is 8.49. The molecule has 0 aliphatic carbocycles. The highest BCUT2D eigenvalue weighted by Gasteiger charge is 2.11. The lowest BCUT2D eigenvalue weighted by Gasteiger charge is -2.07. The van der Waals surface area contributed by atoms with E-state index in [0.717, 1.165) is 0 Å². The Labute approximate surface area is 85.1 Å². The van der Waals surface area contributed by atoms with Gasteiger partial charge in [0, 0.05) is 13.2 Å². The summed E-state index contributed by atoms with van der Waals surface area (Å²) in [7, 11) is -3.29. The molecule has 0 bridgehead atoms. The Balaban J connectivity index is 3.80. The molecule has 0 aromatic heterocycles. The van der Waals surface area contributed by atoms with Gasteiger partial charge in [-0.15, -0.1) is 0 Å². The maximum absolute atomic E-state index is 11.2. The number of nitriles is 1. The van der Waals surface area contributed by atoms with E-state index in [2.05, 4.69) is 4.72 Å². The molecule has 0 rings (SSSR count). The van der Waals surface area contributed by atoms with Crippen LogP contribution in [0.25, 0.3) is 0 Å². The molecule has 0 spiro atoms. The average molecular weight is 220 g/mol. The van der Waals surface area contributed by atoms with Gasteiger partial charge in [-0.2, -0.15) is 5.26 Å². The molecule has 0 aromatic rings. The smallest absolute Gasteiger partial charge is 0.213 e. The molecule has 1 atom stereocenters. The van der Waals surface area contributed by atoms with Crippen LogP contribution < -0.4 is 4.72 Å². The Morgan fingerprint density at radius 3 is 2.71 bits per heavy atom. The molecule has 0 aliphatic rings. The highest BCUT2D eigenvalue weighted by molar-refractivity contribution is 7.89. The van der Waals surface area contributed by atoms with Gasteiger partial charge < -0.3 is 4.74 Å². The Morgan fingerprint density at radius 2 is 2.21 bits per heavy atom. The third-order valence-corrected chi connectivity index (χ3v) is 2.84. The molecule has 5 nitrogen and oxygen atoms in total. The Kier molecular flexibility index (Phi) is 6.45. The fourth-order valence-electron chi connectivity index (χ4n) is 0.683. The van der Waals surface area contributed by atoms with Crippen molar-refractivity contribution in [2.24, 2.45) is 5.92 Å². The van der Waals surface area contributed by atoms with Gasteiger partial charge in [0.2, 0.25) is 10.0 Å². The van der Waals surface area contributed by atoms with Gasteiger partial charge in [-0.3, -0.25) is 0 Å². The van der Waals surface area contributed by atoms with E-state index in [9.17, 15) is 8.42 Å². The van der Waals surface area contributed by atoms with E-state index in [4.69, 9.17) is 10.00 Å². The number of ether oxygens (including phenoxy) is 1. The lowest BCUT2D eigenvalue weighted by Crippen LogP contribution is -2.31. The summed E-state index contributed by atoms with van der Waals surface area (Å²) >= 11 is 0. The summed E-state index contributed by atoms with van der Waals surface area (Å²) < 4.78 is 29.7. The zero-order valence-corrected chi connectivity index (χ0v) is 9.30. The van der Waals surface area contributed by atoms with Crippen LogP contribution in [0.4, 0.5) is 0 Å². The molecule has 0 aliphatic heterocycles. The summed E-state index contributed by atoms with van der Waals surface area (Å²) in [6.07, 6.45) is 0. The quantitative estimate of drug-likeness (QED) is 0.617. The predicted molar refractivity (Wildman–Crippen MR) is 53.1 cm³/mol. The zero-order chi connectivity index (χ0) is 11.0. The average Bonchev–Trinajstić information content (AvgIpc) is 2.14. The number of hydrogen-bond donors (Lipinski definition) is 1. The number of nitrogens with one attached hydrogen (secondary N) is 1. The van der Waals surface area contributed by atoms with E-state index < -0.39 is 10.0 Å². The van der Waals surface area contributed by atoms with Crippen molar-refractivity contribution in [2.45, 2.75) is 13.8 Å². The minimum atomic E-state index is -3.29. The fourth-order valence-corrected chi connectivity index (χ4v) is 1.67. The van der Waals surface area contributed by atoms with Crippen LogP contribution in [0.5, 0.6) is 0 Å². The number of sulfonamides is 1. The molecule has 0 saturated heterocycles. The van der Waals surface area contributed by atoms with Crippen LogP contribution in [-0.2, 0) is 14.8 Å². The number of hydrogen-bond acceptors (Lipinski definition) is 4. The maximum atomic E-state index is 11.2. The summed E-state index contributed by atoms with van der Waals surface area (Å²) in [5, 5.41) is 8.44. The molecule has 1 unspecified atom stereocenters. The first kappa shape index (κ1) is 13.4. The first-order valence-corrected chi connectivity index (χ1v) is 6.11. The van der Waals surface area contributed by atoms with E-state index >= 15 is 0 Å². The van der Waals surface area contributed by atoms with E-state index in [1.165, 1.54) is 0 Å². The van der Waals surface area contributed by atoms with Crippen LogP contribution in [0, 0.1) is 17.2 Å². The summed E-state index contributed by atoms with van der Waals surface area (Å²) in [4.78, 5) is 0. The van der Waals surface area contributed by atoms with E-state index in [1.807, 2.05) is 6.07 Å². The first-order valence-electron chi connectivity index (χ1n) is 4.46. The minimum absolute atomic E-state index is 0.0566. The Bertz CT molecular complexity index is 281. The van der Waals surface area contributed by atoms with E-state index in [1.54, 1.807) is 13.8 Å². The fraction of sp³-hybridized carbons (Fsp3) is 0.875. The molecular formula is C8H16N2O3S. The lowest BCUT2D eigenvalue weighted by atomic mass is 10.2. The predicted octanol–water partition coefficient (Wildman–Crippen LogP) is 0.102. The van der Waals surface area contributed by atoms with Crippen LogP contribution in [0.3, 0.4) is 0 Å². The SMILES string of the molecule is CCOCCS(=O)(=O)NCC(C)C#N. The Hall–Kier alpha value is -0.640. The highest BCUT2D eigenvalue weighted by Crippen LogP contribution is 1.91. The highest BCUT2D eigenvalue weighted by atomic mass is 32.2. The molecule has 0 aromatic carbocycles. The van der Waals surface area contributed by atoms with Crippen LogP contribution in [0.2, 0.25) is 0 Å². The lowest BCUT2D eigenvalue weighted by molar-refractivity contribution is 0.163. The molecule has 0 radical (unpaired) electrons. The summed E-state index contributed by atoms with van der Waals surface area (Å²) in [5.41, 5.74) is 0. The topological polar surface area (TPSA) is 79.2 Å². The van der Waals surface area contributed by atoms with E-state index in [-0.39, 0.29) is 24.8 Å². The maximum Gasteiger partial charge on any atom is 0.213 e. The largest absolute Gasteiger partial charge is 0.381 e. The van der Waals surface area contributed by atoms with E-state index in [0.29, 0.717) is 6.61 Å². The normalized spacial score (nSPS) is 13.5. The standard InChI is InChI=1S/C8H16N2O3S/c1-3-13-4-5-14(11,12)10-7-8(2)6-9/h8,10H,3-5,7H2,1-2H3. The second-order valence-electron chi connectivity index (χ2n) is 2.89. The molecule has 82 valence electrons. The van der Waals surface area contributed by atoms with Gasteiger partial charge in [-0.1, -0.05) is 0 Å². The minimum Gasteiger partial charge on any atom is -0.381 e. The molecule has 0 amide bonds. The van der Waals surface area contributed by atoms with Crippen LogP contribution >= 0.6 is 0 Å². The van der Waals surface area contributed by atoms with Gasteiger partial charge in [0.15, 0.2) is 0 Å². The third kappa shape index (κ3) is 6.83. The molecule has 0 saturated carbocycles. The van der Waals surface area contributed by atoms with Crippen LogP contribution in [0.1, 0.15) is 13.8 Å². The van der Waals surface area contributed by atoms with Crippen molar-refractivity contribution in [1.82, 2.24) is 4.72 Å². The van der Waals surface area contributed by atoms with Crippen LogP contribution in [0.15, 0.2) is 0 Å². The van der Waals surface area contributed by atoms with Gasteiger partial charge >= 0.3 is 0 Å². The van der Waals surface area contributed by atoms with Gasteiger partial charge in [-0.25, -0.2) is 13.1 Å². The van der Waals surface area contributed by atoms with Gasteiger partial charge in [0.25, 0.3) is 0 Å². The monoisotopic (exact) mass is 220 g/mol. The van der Waals surface area contributed by atoms with Crippen molar-refractivity contribution in [3.8, 4) is 6.07 Å². The summed E-state index contributed by atoms with van der Waals surface area (Å²) in [5.74, 6) is -0.365. The van der Waals surface area contributed by atoms with Gasteiger partial charge in [-0.05, 0) is 13.8 Å². The first-order chi connectivity index (χ1) is 6.52. The van der Waals surface area contributed by atoms with Crippen molar-refractivity contribution in [3.05, 3.63) is 0 Å². The molecule has 0 fully saturated rings. The second-order valence-corrected chi connectivity index (χ2v) is 4.82. The van der Waals surface area contributed by atoms with Crippen molar-refractivity contribution in [3.63, 3.8) is 0 Å².